The van der Waals surface area contributed by atoms with Crippen LogP contribution in [0.3, 0.4) is 0 Å². The first kappa shape index (κ1) is 12.7. The average molecular weight is 211 g/mol. The lowest BCUT2D eigenvalue weighted by atomic mass is 9.94. The highest BCUT2D eigenvalue weighted by Gasteiger charge is 2.21. The number of ether oxygens (including phenoxy) is 1. The molecule has 3 heteroatoms. The summed E-state index contributed by atoms with van der Waals surface area (Å²) in [6.07, 6.45) is 2.96. The highest BCUT2D eigenvalue weighted by Crippen LogP contribution is 2.15. The van der Waals surface area contributed by atoms with Crippen molar-refractivity contribution in [3.05, 3.63) is 6.92 Å². The number of rotatable bonds is 5. The molecule has 0 spiro atoms. The smallest absolute Gasteiger partial charge is 0.0594 e. The molecule has 1 aliphatic heterocycles. The van der Waals surface area contributed by atoms with Gasteiger partial charge >= 0.3 is 0 Å². The Morgan fingerprint density at radius 1 is 1.40 bits per heavy atom. The SMILES string of the molecule is [CH2]CCN=CC(C)(C)CN1CCOCC1. The van der Waals surface area contributed by atoms with Crippen LogP contribution in [0.25, 0.3) is 0 Å². The summed E-state index contributed by atoms with van der Waals surface area (Å²) in [6.45, 7) is 14.0. The Hall–Kier alpha value is -0.410. The Balaban J connectivity index is 2.33. The zero-order chi connectivity index (χ0) is 11.1. The maximum Gasteiger partial charge on any atom is 0.0594 e. The molecule has 0 aliphatic carbocycles. The summed E-state index contributed by atoms with van der Waals surface area (Å²) in [5.74, 6) is 0. The lowest BCUT2D eigenvalue weighted by Crippen LogP contribution is -2.42. The molecule has 3 nitrogen and oxygen atoms in total. The predicted octanol–water partition coefficient (Wildman–Crippen LogP) is 1.64. The maximum atomic E-state index is 5.33. The first-order chi connectivity index (χ1) is 7.14. The molecule has 0 amide bonds. The molecular weight excluding hydrogens is 188 g/mol. The van der Waals surface area contributed by atoms with Gasteiger partial charge in [0.25, 0.3) is 0 Å². The third-order valence-corrected chi connectivity index (χ3v) is 2.46. The van der Waals surface area contributed by atoms with Gasteiger partial charge in [-0.05, 0) is 6.42 Å². The van der Waals surface area contributed by atoms with E-state index in [4.69, 9.17) is 4.74 Å². The fraction of sp³-hybridized carbons (Fsp3) is 0.833. The third-order valence-electron chi connectivity index (χ3n) is 2.46. The average Bonchev–Trinajstić information content (AvgIpc) is 2.18. The number of nitrogens with zero attached hydrogens (tertiary/aromatic N) is 2. The third kappa shape index (κ3) is 5.28. The molecule has 87 valence electrons. The summed E-state index contributed by atoms with van der Waals surface area (Å²) < 4.78 is 5.33. The van der Waals surface area contributed by atoms with Gasteiger partial charge in [0, 0.05) is 37.8 Å². The van der Waals surface area contributed by atoms with Crippen LogP contribution in [0, 0.1) is 12.3 Å². The molecular formula is C12H23N2O. The Labute approximate surface area is 93.5 Å². The van der Waals surface area contributed by atoms with Crippen molar-refractivity contribution in [3.63, 3.8) is 0 Å². The van der Waals surface area contributed by atoms with Crippen LogP contribution in [0.2, 0.25) is 0 Å². The van der Waals surface area contributed by atoms with Crippen molar-refractivity contribution in [1.82, 2.24) is 4.90 Å². The van der Waals surface area contributed by atoms with Gasteiger partial charge in [-0.15, -0.1) is 0 Å². The van der Waals surface area contributed by atoms with Crippen LogP contribution in [0.15, 0.2) is 4.99 Å². The van der Waals surface area contributed by atoms with Gasteiger partial charge in [0.05, 0.1) is 13.2 Å². The van der Waals surface area contributed by atoms with Crippen molar-refractivity contribution in [2.45, 2.75) is 20.3 Å². The van der Waals surface area contributed by atoms with Crippen LogP contribution >= 0.6 is 0 Å². The summed E-state index contributed by atoms with van der Waals surface area (Å²) in [5.41, 5.74) is 0.159. The van der Waals surface area contributed by atoms with Gasteiger partial charge in [-0.2, -0.15) is 0 Å². The highest BCUT2D eigenvalue weighted by molar-refractivity contribution is 5.64. The molecule has 0 N–H and O–H groups in total. The molecule has 0 aromatic carbocycles. The molecule has 0 aromatic heterocycles. The summed E-state index contributed by atoms with van der Waals surface area (Å²) in [7, 11) is 0. The zero-order valence-electron chi connectivity index (χ0n) is 10.0. The van der Waals surface area contributed by atoms with E-state index >= 15 is 0 Å². The second-order valence-electron chi connectivity index (χ2n) is 4.77. The summed E-state index contributed by atoms with van der Waals surface area (Å²) >= 11 is 0. The van der Waals surface area contributed by atoms with E-state index in [1.165, 1.54) is 0 Å². The Kier molecular flexibility index (Phi) is 5.26. The van der Waals surface area contributed by atoms with Gasteiger partial charge in [-0.25, -0.2) is 0 Å². The highest BCUT2D eigenvalue weighted by atomic mass is 16.5. The normalized spacial score (nSPS) is 19.9. The van der Waals surface area contributed by atoms with Gasteiger partial charge in [-0.3, -0.25) is 9.89 Å². The first-order valence-electron chi connectivity index (χ1n) is 5.74. The molecule has 1 heterocycles. The second kappa shape index (κ2) is 6.23. The van der Waals surface area contributed by atoms with Crippen LogP contribution in [-0.4, -0.2) is 50.5 Å². The van der Waals surface area contributed by atoms with Gasteiger partial charge in [0.1, 0.15) is 0 Å². The minimum absolute atomic E-state index is 0.159. The summed E-state index contributed by atoms with van der Waals surface area (Å²) in [5, 5.41) is 0. The van der Waals surface area contributed by atoms with E-state index in [0.717, 1.165) is 45.8 Å². The van der Waals surface area contributed by atoms with Crippen molar-refractivity contribution in [1.29, 1.82) is 0 Å². The Morgan fingerprint density at radius 3 is 2.67 bits per heavy atom. The second-order valence-corrected chi connectivity index (χ2v) is 4.77. The van der Waals surface area contributed by atoms with Gasteiger partial charge in [0.2, 0.25) is 0 Å². The molecule has 0 atom stereocenters. The van der Waals surface area contributed by atoms with E-state index in [1.54, 1.807) is 0 Å². The molecule has 0 unspecified atom stereocenters. The van der Waals surface area contributed by atoms with E-state index in [1.807, 2.05) is 0 Å². The largest absolute Gasteiger partial charge is 0.379 e. The van der Waals surface area contributed by atoms with E-state index in [9.17, 15) is 0 Å². The zero-order valence-corrected chi connectivity index (χ0v) is 10.0. The molecule has 1 aliphatic rings. The monoisotopic (exact) mass is 211 g/mol. The van der Waals surface area contributed by atoms with Crippen molar-refractivity contribution in [3.8, 4) is 0 Å². The van der Waals surface area contributed by atoms with Crippen LogP contribution in [0.1, 0.15) is 20.3 Å². The van der Waals surface area contributed by atoms with Crippen molar-refractivity contribution < 1.29 is 4.74 Å². The van der Waals surface area contributed by atoms with E-state index in [0.29, 0.717) is 0 Å². The van der Waals surface area contributed by atoms with Crippen LogP contribution in [0.5, 0.6) is 0 Å². The van der Waals surface area contributed by atoms with Crippen LogP contribution < -0.4 is 0 Å². The van der Waals surface area contributed by atoms with Crippen LogP contribution in [-0.2, 0) is 4.74 Å². The molecule has 1 rings (SSSR count). The fourth-order valence-corrected chi connectivity index (χ4v) is 1.78. The minimum Gasteiger partial charge on any atom is -0.379 e. The topological polar surface area (TPSA) is 24.8 Å². The van der Waals surface area contributed by atoms with Crippen molar-refractivity contribution in [2.24, 2.45) is 10.4 Å². The number of hydrogen-bond acceptors (Lipinski definition) is 3. The van der Waals surface area contributed by atoms with E-state index in [-0.39, 0.29) is 5.41 Å². The quantitative estimate of drug-likeness (QED) is 0.646. The van der Waals surface area contributed by atoms with Crippen molar-refractivity contribution >= 4 is 6.21 Å². The summed E-state index contributed by atoms with van der Waals surface area (Å²) in [6, 6.07) is 0. The molecule has 0 aromatic rings. The number of aliphatic imine (C=N–C) groups is 1. The summed E-state index contributed by atoms with van der Waals surface area (Å²) in [4.78, 5) is 6.83. The maximum absolute atomic E-state index is 5.33. The lowest BCUT2D eigenvalue weighted by molar-refractivity contribution is 0.0290. The fourth-order valence-electron chi connectivity index (χ4n) is 1.78. The standard InChI is InChI=1S/C12H23N2O/c1-4-5-13-10-12(2,3)11-14-6-8-15-9-7-14/h10H,1,4-9,11H2,2-3H3. The molecule has 15 heavy (non-hydrogen) atoms. The molecule has 1 radical (unpaired) electrons. The predicted molar refractivity (Wildman–Crippen MR) is 64.4 cm³/mol. The first-order valence-corrected chi connectivity index (χ1v) is 5.74. The van der Waals surface area contributed by atoms with Crippen molar-refractivity contribution in [2.75, 3.05) is 39.4 Å². The minimum atomic E-state index is 0.159. The number of hydrogen-bond donors (Lipinski definition) is 0. The van der Waals surface area contributed by atoms with Crippen LogP contribution in [0.4, 0.5) is 0 Å². The van der Waals surface area contributed by atoms with Gasteiger partial charge in [0.15, 0.2) is 0 Å². The molecule has 0 saturated carbocycles. The van der Waals surface area contributed by atoms with E-state index in [2.05, 4.69) is 36.9 Å². The number of morpholine rings is 1. The Morgan fingerprint density at radius 2 is 2.07 bits per heavy atom. The Bertz CT molecular complexity index is 196. The molecule has 1 saturated heterocycles. The molecule has 0 bridgehead atoms. The molecule has 1 fully saturated rings. The lowest BCUT2D eigenvalue weighted by Gasteiger charge is -2.32. The van der Waals surface area contributed by atoms with Gasteiger partial charge < -0.3 is 4.74 Å². The van der Waals surface area contributed by atoms with Gasteiger partial charge in [-0.1, -0.05) is 20.8 Å². The van der Waals surface area contributed by atoms with E-state index < -0.39 is 0 Å².